The number of amides is 1. The number of benzene rings is 1. The van der Waals surface area contributed by atoms with E-state index in [1.54, 1.807) is 18.2 Å². The second-order valence-electron chi connectivity index (χ2n) is 3.95. The van der Waals surface area contributed by atoms with Crippen molar-refractivity contribution in [1.29, 1.82) is 5.26 Å². The summed E-state index contributed by atoms with van der Waals surface area (Å²) in [6, 6.07) is 8.19. The second kappa shape index (κ2) is 7.77. The smallest absolute Gasteiger partial charge is 0.267 e. The third-order valence-corrected chi connectivity index (χ3v) is 2.44. The van der Waals surface area contributed by atoms with Gasteiger partial charge in [0.25, 0.3) is 5.91 Å². The second-order valence-corrected chi connectivity index (χ2v) is 3.95. The summed E-state index contributed by atoms with van der Waals surface area (Å²) in [7, 11) is 0. The first-order valence-electron chi connectivity index (χ1n) is 6.12. The van der Waals surface area contributed by atoms with Gasteiger partial charge in [0.05, 0.1) is 5.69 Å². The highest BCUT2D eigenvalue weighted by Crippen LogP contribution is 2.21. The van der Waals surface area contributed by atoms with Crippen LogP contribution in [-0.4, -0.2) is 17.6 Å². The Hall–Kier alpha value is -2.48. The molecule has 5 heteroatoms. The number of phenolic OH excluding ortho intramolecular Hbond substituents is 1. The Bertz CT molecular complexity index is 504. The van der Waals surface area contributed by atoms with Crippen LogP contribution in [0.15, 0.2) is 36.0 Å². The van der Waals surface area contributed by atoms with Crippen LogP contribution < -0.4 is 10.6 Å². The van der Waals surface area contributed by atoms with Gasteiger partial charge in [0, 0.05) is 12.7 Å². The normalized spacial score (nSPS) is 10.6. The Kier molecular flexibility index (Phi) is 5.96. The number of hydrogen-bond donors (Lipinski definition) is 3. The van der Waals surface area contributed by atoms with Crippen LogP contribution in [0.5, 0.6) is 5.75 Å². The molecule has 0 fully saturated rings. The van der Waals surface area contributed by atoms with E-state index in [9.17, 15) is 9.90 Å². The molecule has 0 aliphatic rings. The predicted molar refractivity (Wildman–Crippen MR) is 73.3 cm³/mol. The molecular weight excluding hydrogens is 242 g/mol. The van der Waals surface area contributed by atoms with Crippen molar-refractivity contribution >= 4 is 11.6 Å². The van der Waals surface area contributed by atoms with Gasteiger partial charge in [-0.3, -0.25) is 4.79 Å². The average Bonchev–Trinajstić information content (AvgIpc) is 2.41. The molecule has 0 atom stereocenters. The zero-order valence-corrected chi connectivity index (χ0v) is 10.8. The van der Waals surface area contributed by atoms with E-state index in [-0.39, 0.29) is 17.0 Å². The SMILES string of the molecule is CCCCN/C=C(/C#N)C(=O)Nc1ccccc1O. The van der Waals surface area contributed by atoms with Crippen LogP contribution in [0.3, 0.4) is 0 Å². The maximum Gasteiger partial charge on any atom is 0.267 e. The monoisotopic (exact) mass is 259 g/mol. The van der Waals surface area contributed by atoms with Crippen molar-refractivity contribution in [3.05, 3.63) is 36.0 Å². The van der Waals surface area contributed by atoms with Crippen LogP contribution in [-0.2, 0) is 4.79 Å². The zero-order valence-electron chi connectivity index (χ0n) is 10.8. The van der Waals surface area contributed by atoms with Crippen molar-refractivity contribution in [2.75, 3.05) is 11.9 Å². The molecule has 0 spiro atoms. The molecule has 100 valence electrons. The van der Waals surface area contributed by atoms with Crippen molar-refractivity contribution in [2.24, 2.45) is 0 Å². The summed E-state index contributed by atoms with van der Waals surface area (Å²) in [4.78, 5) is 11.8. The fourth-order valence-corrected chi connectivity index (χ4v) is 1.37. The number of rotatable bonds is 6. The summed E-state index contributed by atoms with van der Waals surface area (Å²) >= 11 is 0. The summed E-state index contributed by atoms with van der Waals surface area (Å²) < 4.78 is 0. The van der Waals surface area contributed by atoms with Crippen molar-refractivity contribution in [1.82, 2.24) is 5.32 Å². The standard InChI is InChI=1S/C14H17N3O2/c1-2-3-8-16-10-11(9-15)14(19)17-12-6-4-5-7-13(12)18/h4-7,10,16,18H,2-3,8H2,1H3,(H,17,19)/b11-10-. The van der Waals surface area contributed by atoms with E-state index in [1.807, 2.05) is 6.07 Å². The lowest BCUT2D eigenvalue weighted by Gasteiger charge is -2.06. The quantitative estimate of drug-likeness (QED) is 0.316. The molecule has 1 amide bonds. The van der Waals surface area contributed by atoms with Gasteiger partial charge in [-0.05, 0) is 18.6 Å². The number of nitriles is 1. The van der Waals surface area contributed by atoms with Crippen LogP contribution in [0.2, 0.25) is 0 Å². The first-order valence-corrected chi connectivity index (χ1v) is 6.12. The van der Waals surface area contributed by atoms with E-state index in [2.05, 4.69) is 17.6 Å². The lowest BCUT2D eigenvalue weighted by Crippen LogP contribution is -2.17. The minimum atomic E-state index is -0.548. The molecule has 0 saturated heterocycles. The molecule has 3 N–H and O–H groups in total. The molecule has 0 heterocycles. The highest BCUT2D eigenvalue weighted by molar-refractivity contribution is 6.07. The van der Waals surface area contributed by atoms with E-state index < -0.39 is 5.91 Å². The van der Waals surface area contributed by atoms with E-state index >= 15 is 0 Å². The maximum absolute atomic E-state index is 11.8. The highest BCUT2D eigenvalue weighted by Gasteiger charge is 2.10. The lowest BCUT2D eigenvalue weighted by molar-refractivity contribution is -0.112. The van der Waals surface area contributed by atoms with Gasteiger partial charge in [0.1, 0.15) is 17.4 Å². The van der Waals surface area contributed by atoms with E-state index in [0.29, 0.717) is 6.54 Å². The fourth-order valence-electron chi connectivity index (χ4n) is 1.37. The minimum Gasteiger partial charge on any atom is -0.506 e. The number of para-hydroxylation sites is 2. The molecule has 1 aromatic rings. The predicted octanol–water partition coefficient (Wildman–Crippen LogP) is 2.13. The molecule has 0 radical (unpaired) electrons. The molecular formula is C14H17N3O2. The number of phenols is 1. The largest absolute Gasteiger partial charge is 0.506 e. The van der Waals surface area contributed by atoms with Gasteiger partial charge in [-0.1, -0.05) is 25.5 Å². The molecule has 1 aromatic carbocycles. The Morgan fingerprint density at radius 2 is 2.21 bits per heavy atom. The summed E-state index contributed by atoms with van der Waals surface area (Å²) in [6.45, 7) is 2.77. The van der Waals surface area contributed by atoms with E-state index in [4.69, 9.17) is 5.26 Å². The highest BCUT2D eigenvalue weighted by atomic mass is 16.3. The molecule has 0 aromatic heterocycles. The number of carbonyl (C=O) groups excluding carboxylic acids is 1. The van der Waals surface area contributed by atoms with Crippen LogP contribution in [0, 0.1) is 11.3 Å². The van der Waals surface area contributed by atoms with Gasteiger partial charge in [0.2, 0.25) is 0 Å². The number of carbonyl (C=O) groups is 1. The van der Waals surface area contributed by atoms with Gasteiger partial charge in [-0.15, -0.1) is 0 Å². The van der Waals surface area contributed by atoms with Gasteiger partial charge in [-0.2, -0.15) is 5.26 Å². The van der Waals surface area contributed by atoms with Crippen molar-refractivity contribution in [2.45, 2.75) is 19.8 Å². The average molecular weight is 259 g/mol. The third-order valence-electron chi connectivity index (χ3n) is 2.44. The van der Waals surface area contributed by atoms with Crippen LogP contribution in [0.25, 0.3) is 0 Å². The summed E-state index contributed by atoms with van der Waals surface area (Å²) in [5.41, 5.74) is 0.251. The molecule has 1 rings (SSSR count). The molecule has 0 unspecified atom stereocenters. The number of nitrogens with one attached hydrogen (secondary N) is 2. The topological polar surface area (TPSA) is 85.2 Å². The molecule has 0 aliphatic heterocycles. The molecule has 0 saturated carbocycles. The molecule has 0 aliphatic carbocycles. The molecule has 19 heavy (non-hydrogen) atoms. The minimum absolute atomic E-state index is 0.0284. The molecule has 5 nitrogen and oxygen atoms in total. The van der Waals surface area contributed by atoms with E-state index in [1.165, 1.54) is 12.3 Å². The van der Waals surface area contributed by atoms with Crippen LogP contribution in [0.1, 0.15) is 19.8 Å². The maximum atomic E-state index is 11.8. The summed E-state index contributed by atoms with van der Waals surface area (Å²) in [6.07, 6.45) is 3.40. The van der Waals surface area contributed by atoms with E-state index in [0.717, 1.165) is 12.8 Å². The fraction of sp³-hybridized carbons (Fsp3) is 0.286. The van der Waals surface area contributed by atoms with Crippen molar-refractivity contribution in [3.8, 4) is 11.8 Å². The first-order chi connectivity index (χ1) is 9.19. The van der Waals surface area contributed by atoms with Gasteiger partial charge in [0.15, 0.2) is 0 Å². The van der Waals surface area contributed by atoms with Crippen molar-refractivity contribution in [3.63, 3.8) is 0 Å². The Labute approximate surface area is 112 Å². The zero-order chi connectivity index (χ0) is 14.1. The molecule has 0 bridgehead atoms. The van der Waals surface area contributed by atoms with Gasteiger partial charge in [-0.25, -0.2) is 0 Å². The number of aromatic hydroxyl groups is 1. The Morgan fingerprint density at radius 3 is 2.84 bits per heavy atom. The number of nitrogens with zero attached hydrogens (tertiary/aromatic N) is 1. The van der Waals surface area contributed by atoms with Crippen LogP contribution >= 0.6 is 0 Å². The van der Waals surface area contributed by atoms with Crippen molar-refractivity contribution < 1.29 is 9.90 Å². The third kappa shape index (κ3) is 4.72. The first kappa shape index (κ1) is 14.6. The summed E-state index contributed by atoms with van der Waals surface area (Å²) in [5.74, 6) is -0.583. The van der Waals surface area contributed by atoms with Crippen LogP contribution in [0.4, 0.5) is 5.69 Å². The lowest BCUT2D eigenvalue weighted by atomic mass is 10.2. The van der Waals surface area contributed by atoms with Gasteiger partial charge < -0.3 is 15.7 Å². The Balaban J connectivity index is 2.65. The number of anilines is 1. The number of hydrogen-bond acceptors (Lipinski definition) is 4. The Morgan fingerprint density at radius 1 is 1.47 bits per heavy atom. The van der Waals surface area contributed by atoms with Gasteiger partial charge >= 0.3 is 0 Å². The summed E-state index contributed by atoms with van der Waals surface area (Å²) in [5, 5.41) is 23.8. The number of unbranched alkanes of at least 4 members (excludes halogenated alkanes) is 1.